The Bertz CT molecular complexity index is 401. The van der Waals surface area contributed by atoms with Gasteiger partial charge in [0.2, 0.25) is 0 Å². The zero-order valence-electron chi connectivity index (χ0n) is 11.4. The molecule has 0 unspecified atom stereocenters. The number of likely N-dealkylation sites (tertiary alicyclic amines) is 1. The summed E-state index contributed by atoms with van der Waals surface area (Å²) >= 11 is 0. The molecule has 3 N–H and O–H groups in total. The Hall–Kier alpha value is -0.970. The topological polar surface area (TPSA) is 62.4 Å². The summed E-state index contributed by atoms with van der Waals surface area (Å²) in [5.74, 6) is 0.0339. The van der Waals surface area contributed by atoms with Gasteiger partial charge < -0.3 is 10.8 Å². The van der Waals surface area contributed by atoms with Gasteiger partial charge in [-0.3, -0.25) is 9.88 Å². The van der Waals surface area contributed by atoms with Crippen LogP contribution < -0.4 is 5.73 Å². The molecule has 0 aromatic carbocycles. The number of hydrogen-bond acceptors (Lipinski definition) is 4. The van der Waals surface area contributed by atoms with E-state index in [0.29, 0.717) is 0 Å². The average molecular weight is 249 g/mol. The van der Waals surface area contributed by atoms with Crippen molar-refractivity contribution in [2.45, 2.75) is 31.8 Å². The monoisotopic (exact) mass is 249 g/mol. The number of aliphatic hydroxyl groups is 1. The summed E-state index contributed by atoms with van der Waals surface area (Å²) in [5, 5.41) is 9.61. The van der Waals surface area contributed by atoms with Crippen LogP contribution in [0.15, 0.2) is 24.4 Å². The Labute approximate surface area is 109 Å². The molecule has 0 radical (unpaired) electrons. The van der Waals surface area contributed by atoms with Crippen LogP contribution in [0.1, 0.15) is 26.5 Å². The highest BCUT2D eigenvalue weighted by Gasteiger charge is 2.48. The van der Waals surface area contributed by atoms with E-state index in [1.165, 1.54) is 0 Å². The van der Waals surface area contributed by atoms with Crippen molar-refractivity contribution in [2.75, 3.05) is 19.7 Å². The number of hydrogen-bond donors (Lipinski definition) is 2. The molecule has 1 saturated heterocycles. The highest BCUT2D eigenvalue weighted by atomic mass is 16.3. The molecule has 2 atom stereocenters. The molecule has 0 bridgehead atoms. The van der Waals surface area contributed by atoms with Gasteiger partial charge in [-0.15, -0.1) is 0 Å². The predicted molar refractivity (Wildman–Crippen MR) is 72.0 cm³/mol. The predicted octanol–water partition coefficient (Wildman–Crippen LogP) is 0.958. The first-order valence-corrected chi connectivity index (χ1v) is 6.44. The van der Waals surface area contributed by atoms with Gasteiger partial charge in [0, 0.05) is 37.4 Å². The first-order valence-electron chi connectivity index (χ1n) is 6.44. The second kappa shape index (κ2) is 4.61. The molecule has 1 aromatic heterocycles. The summed E-state index contributed by atoms with van der Waals surface area (Å²) in [7, 11) is 0. The van der Waals surface area contributed by atoms with Crippen LogP contribution in [0.2, 0.25) is 0 Å². The molecule has 1 aliphatic rings. The number of aromatic nitrogens is 1. The average Bonchev–Trinajstić information content (AvgIpc) is 2.69. The van der Waals surface area contributed by atoms with Gasteiger partial charge >= 0.3 is 0 Å². The lowest BCUT2D eigenvalue weighted by Crippen LogP contribution is -2.48. The molecule has 100 valence electrons. The minimum Gasteiger partial charge on any atom is -0.396 e. The molecular weight excluding hydrogens is 226 g/mol. The van der Waals surface area contributed by atoms with Gasteiger partial charge in [-0.25, -0.2) is 0 Å². The fourth-order valence-electron chi connectivity index (χ4n) is 2.60. The molecule has 0 aliphatic carbocycles. The van der Waals surface area contributed by atoms with Gasteiger partial charge in [-0.1, -0.05) is 6.07 Å². The van der Waals surface area contributed by atoms with Crippen LogP contribution in [-0.4, -0.2) is 40.2 Å². The van der Waals surface area contributed by atoms with Crippen molar-refractivity contribution in [3.8, 4) is 0 Å². The lowest BCUT2D eigenvalue weighted by Gasteiger charge is -2.33. The molecule has 1 aliphatic heterocycles. The molecular formula is C14H23N3O. The molecule has 1 fully saturated rings. The third kappa shape index (κ3) is 2.28. The third-order valence-corrected chi connectivity index (χ3v) is 3.93. The Morgan fingerprint density at radius 3 is 2.72 bits per heavy atom. The van der Waals surface area contributed by atoms with Crippen molar-refractivity contribution >= 4 is 0 Å². The van der Waals surface area contributed by atoms with E-state index in [2.05, 4.69) is 30.7 Å². The Balaban J connectivity index is 2.32. The van der Waals surface area contributed by atoms with Crippen LogP contribution in [0.4, 0.5) is 0 Å². The molecule has 0 saturated carbocycles. The summed E-state index contributed by atoms with van der Waals surface area (Å²) in [6.45, 7) is 8.16. The SMILES string of the molecule is CC(C)(C)N1C[C@@H](CO)[C@](N)(c2ccccn2)C1. The highest BCUT2D eigenvalue weighted by Crippen LogP contribution is 2.36. The number of aliphatic hydroxyl groups excluding tert-OH is 1. The van der Waals surface area contributed by atoms with Crippen LogP contribution in [0, 0.1) is 5.92 Å². The first kappa shape index (κ1) is 13.5. The normalized spacial score (nSPS) is 29.7. The van der Waals surface area contributed by atoms with Crippen molar-refractivity contribution in [1.29, 1.82) is 0 Å². The number of pyridine rings is 1. The van der Waals surface area contributed by atoms with Crippen molar-refractivity contribution in [1.82, 2.24) is 9.88 Å². The van der Waals surface area contributed by atoms with E-state index < -0.39 is 5.54 Å². The summed E-state index contributed by atoms with van der Waals surface area (Å²) in [4.78, 5) is 6.71. The zero-order chi connectivity index (χ0) is 13.4. The maximum atomic E-state index is 9.61. The molecule has 4 heteroatoms. The van der Waals surface area contributed by atoms with Crippen LogP contribution >= 0.6 is 0 Å². The Morgan fingerprint density at radius 1 is 1.50 bits per heavy atom. The van der Waals surface area contributed by atoms with E-state index in [1.54, 1.807) is 6.20 Å². The molecule has 2 rings (SSSR count). The van der Waals surface area contributed by atoms with E-state index in [1.807, 2.05) is 18.2 Å². The van der Waals surface area contributed by atoms with Gasteiger partial charge in [0.05, 0.1) is 11.2 Å². The van der Waals surface area contributed by atoms with Gasteiger partial charge in [0.25, 0.3) is 0 Å². The van der Waals surface area contributed by atoms with E-state index in [9.17, 15) is 5.11 Å². The summed E-state index contributed by atoms with van der Waals surface area (Å²) in [5.41, 5.74) is 6.94. The van der Waals surface area contributed by atoms with Gasteiger partial charge in [-0.05, 0) is 32.9 Å². The lowest BCUT2D eigenvalue weighted by molar-refractivity contribution is 0.154. The molecule has 2 heterocycles. The molecule has 18 heavy (non-hydrogen) atoms. The number of rotatable bonds is 2. The van der Waals surface area contributed by atoms with Crippen LogP contribution in [-0.2, 0) is 5.54 Å². The van der Waals surface area contributed by atoms with Crippen molar-refractivity contribution in [3.05, 3.63) is 30.1 Å². The van der Waals surface area contributed by atoms with Gasteiger partial charge in [0.15, 0.2) is 0 Å². The van der Waals surface area contributed by atoms with Gasteiger partial charge in [-0.2, -0.15) is 0 Å². The van der Waals surface area contributed by atoms with Crippen LogP contribution in [0.3, 0.4) is 0 Å². The standard InChI is InChI=1S/C14H23N3O/c1-13(2,3)17-8-11(9-18)14(15,10-17)12-6-4-5-7-16-12/h4-7,11,18H,8-10,15H2,1-3H3/t11-,14-/m0/s1. The lowest BCUT2D eigenvalue weighted by atomic mass is 9.85. The Morgan fingerprint density at radius 2 is 2.22 bits per heavy atom. The zero-order valence-corrected chi connectivity index (χ0v) is 11.4. The summed E-state index contributed by atoms with van der Waals surface area (Å²) in [6, 6.07) is 5.79. The van der Waals surface area contributed by atoms with Crippen LogP contribution in [0.5, 0.6) is 0 Å². The Kier molecular flexibility index (Phi) is 3.45. The maximum Gasteiger partial charge on any atom is 0.0775 e. The molecule has 0 amide bonds. The van der Waals surface area contributed by atoms with Crippen molar-refractivity contribution < 1.29 is 5.11 Å². The van der Waals surface area contributed by atoms with Crippen molar-refractivity contribution in [2.24, 2.45) is 11.7 Å². The minimum atomic E-state index is -0.552. The number of nitrogens with zero attached hydrogens (tertiary/aromatic N) is 2. The third-order valence-electron chi connectivity index (χ3n) is 3.93. The van der Waals surface area contributed by atoms with Gasteiger partial charge in [0.1, 0.15) is 0 Å². The fraction of sp³-hybridized carbons (Fsp3) is 0.643. The maximum absolute atomic E-state index is 9.61. The second-order valence-corrected chi connectivity index (χ2v) is 6.19. The van der Waals surface area contributed by atoms with E-state index in [-0.39, 0.29) is 18.1 Å². The quantitative estimate of drug-likeness (QED) is 0.819. The second-order valence-electron chi connectivity index (χ2n) is 6.19. The largest absolute Gasteiger partial charge is 0.396 e. The summed E-state index contributed by atoms with van der Waals surface area (Å²) in [6.07, 6.45) is 1.76. The molecule has 0 spiro atoms. The first-order chi connectivity index (χ1) is 8.38. The molecule has 1 aromatic rings. The fourth-order valence-corrected chi connectivity index (χ4v) is 2.60. The van der Waals surface area contributed by atoms with Crippen molar-refractivity contribution in [3.63, 3.8) is 0 Å². The highest BCUT2D eigenvalue weighted by molar-refractivity contribution is 5.21. The van der Waals surface area contributed by atoms with E-state index in [0.717, 1.165) is 18.8 Å². The molecule has 4 nitrogen and oxygen atoms in total. The minimum absolute atomic E-state index is 0.0339. The van der Waals surface area contributed by atoms with Crippen LogP contribution in [0.25, 0.3) is 0 Å². The number of nitrogens with two attached hydrogens (primary N) is 1. The van der Waals surface area contributed by atoms with E-state index >= 15 is 0 Å². The van der Waals surface area contributed by atoms with E-state index in [4.69, 9.17) is 5.73 Å². The smallest absolute Gasteiger partial charge is 0.0775 e. The summed E-state index contributed by atoms with van der Waals surface area (Å²) < 4.78 is 0.